The van der Waals surface area contributed by atoms with E-state index >= 15 is 0 Å². The first-order chi connectivity index (χ1) is 11.8. The third-order valence-corrected chi connectivity index (χ3v) is 6.27. The van der Waals surface area contributed by atoms with E-state index in [0.29, 0.717) is 18.3 Å². The van der Waals surface area contributed by atoms with Crippen molar-refractivity contribution in [3.8, 4) is 0 Å². The molecule has 0 aromatic rings. The van der Waals surface area contributed by atoms with Crippen LogP contribution in [-0.4, -0.2) is 19.5 Å². The predicted octanol–water partition coefficient (Wildman–Crippen LogP) is 5.79. The molecular formula is C21H33FO2. The monoisotopic (exact) mass is 336 g/mol. The summed E-state index contributed by atoms with van der Waals surface area (Å²) in [5.41, 5.74) is 0. The van der Waals surface area contributed by atoms with Crippen molar-refractivity contribution in [3.63, 3.8) is 0 Å². The molecule has 0 radical (unpaired) electrons. The van der Waals surface area contributed by atoms with Crippen LogP contribution in [0.25, 0.3) is 0 Å². The number of ether oxygens (including phenoxy) is 2. The first kappa shape index (κ1) is 18.1. The van der Waals surface area contributed by atoms with Crippen molar-refractivity contribution in [2.24, 2.45) is 23.7 Å². The molecule has 0 bridgehead atoms. The highest BCUT2D eigenvalue weighted by Gasteiger charge is 2.34. The van der Waals surface area contributed by atoms with E-state index in [-0.39, 0.29) is 12.1 Å². The Morgan fingerprint density at radius 3 is 2.42 bits per heavy atom. The van der Waals surface area contributed by atoms with Gasteiger partial charge < -0.3 is 9.47 Å². The van der Waals surface area contributed by atoms with Gasteiger partial charge in [0.1, 0.15) is 0 Å². The summed E-state index contributed by atoms with van der Waals surface area (Å²) < 4.78 is 25.2. The highest BCUT2D eigenvalue weighted by molar-refractivity contribution is 4.98. The predicted molar refractivity (Wildman–Crippen MR) is 95.2 cm³/mol. The van der Waals surface area contributed by atoms with Crippen LogP contribution in [0.3, 0.4) is 0 Å². The maximum atomic E-state index is 13.1. The Morgan fingerprint density at radius 1 is 1.04 bits per heavy atom. The first-order valence-electron chi connectivity index (χ1n) is 9.95. The van der Waals surface area contributed by atoms with Gasteiger partial charge in [-0.2, -0.15) is 0 Å². The van der Waals surface area contributed by atoms with E-state index in [0.717, 1.165) is 37.9 Å². The molecule has 1 atom stereocenters. The highest BCUT2D eigenvalue weighted by atomic mass is 19.1. The average molecular weight is 336 g/mol. The minimum Gasteiger partial charge on any atom is -0.352 e. The molecule has 0 N–H and O–H groups in total. The van der Waals surface area contributed by atoms with Gasteiger partial charge in [0.15, 0.2) is 6.29 Å². The van der Waals surface area contributed by atoms with E-state index in [1.807, 2.05) is 0 Å². The summed E-state index contributed by atoms with van der Waals surface area (Å²) in [6, 6.07) is 0. The van der Waals surface area contributed by atoms with Gasteiger partial charge in [0.25, 0.3) is 0 Å². The lowest BCUT2D eigenvalue weighted by molar-refractivity contribution is -0.233. The van der Waals surface area contributed by atoms with Crippen molar-refractivity contribution < 1.29 is 13.9 Å². The first-order valence-corrected chi connectivity index (χ1v) is 9.95. The van der Waals surface area contributed by atoms with Crippen LogP contribution >= 0.6 is 0 Å². The smallest absolute Gasteiger partial charge is 0.160 e. The number of allylic oxidation sites excluding steroid dienone is 4. The Labute approximate surface area is 146 Å². The molecule has 0 amide bonds. The zero-order valence-electron chi connectivity index (χ0n) is 15.1. The van der Waals surface area contributed by atoms with Crippen LogP contribution < -0.4 is 0 Å². The van der Waals surface area contributed by atoms with Gasteiger partial charge in [0.2, 0.25) is 0 Å². The standard InChI is InChI=1S/C21H33FO2/c1-2-3-4-5-16-6-8-17(9-7-16)19-14-23-21(24-15-19)18-10-12-20(22)13-11-18/h2-3,12,16-19,21H,4-11,13-15H2,1H3/b3-2+/t16-,17-,18?,19-,21-. The van der Waals surface area contributed by atoms with Crippen LogP contribution in [0.2, 0.25) is 0 Å². The number of halogens is 1. The second-order valence-electron chi connectivity index (χ2n) is 7.91. The molecule has 3 rings (SSSR count). The highest BCUT2D eigenvalue weighted by Crippen LogP contribution is 2.38. The zero-order chi connectivity index (χ0) is 16.8. The van der Waals surface area contributed by atoms with Gasteiger partial charge in [-0.3, -0.25) is 0 Å². The van der Waals surface area contributed by atoms with E-state index in [4.69, 9.17) is 9.47 Å². The van der Waals surface area contributed by atoms with Crippen molar-refractivity contribution in [2.75, 3.05) is 13.2 Å². The fourth-order valence-electron chi connectivity index (χ4n) is 4.59. The average Bonchev–Trinajstić information content (AvgIpc) is 2.63. The van der Waals surface area contributed by atoms with Crippen LogP contribution in [0.15, 0.2) is 24.1 Å². The molecule has 24 heavy (non-hydrogen) atoms. The maximum Gasteiger partial charge on any atom is 0.160 e. The van der Waals surface area contributed by atoms with Gasteiger partial charge in [0, 0.05) is 11.8 Å². The fourth-order valence-corrected chi connectivity index (χ4v) is 4.59. The van der Waals surface area contributed by atoms with Gasteiger partial charge in [-0.1, -0.05) is 31.1 Å². The Morgan fingerprint density at radius 2 is 1.79 bits per heavy atom. The van der Waals surface area contributed by atoms with Gasteiger partial charge in [-0.25, -0.2) is 4.39 Å². The van der Waals surface area contributed by atoms with E-state index in [2.05, 4.69) is 19.1 Å². The fraction of sp³-hybridized carbons (Fsp3) is 0.810. The van der Waals surface area contributed by atoms with Gasteiger partial charge >= 0.3 is 0 Å². The minimum atomic E-state index is -0.109. The molecule has 2 fully saturated rings. The lowest BCUT2D eigenvalue weighted by Gasteiger charge is -2.40. The maximum absolute atomic E-state index is 13.1. The van der Waals surface area contributed by atoms with Crippen LogP contribution in [0.1, 0.15) is 64.7 Å². The Bertz CT molecular complexity index is 429. The van der Waals surface area contributed by atoms with Crippen molar-refractivity contribution in [1.82, 2.24) is 0 Å². The molecule has 0 spiro atoms. The summed E-state index contributed by atoms with van der Waals surface area (Å²) in [6.07, 6.45) is 16.2. The molecule has 3 heteroatoms. The minimum absolute atomic E-state index is 0.0334. The SMILES string of the molecule is C/C=C/CC[C@H]1CC[C@H]([C@H]2CO[C@H](C3CC=C(F)CC3)OC2)CC1. The summed E-state index contributed by atoms with van der Waals surface area (Å²) in [5.74, 6) is 2.62. The quantitative estimate of drug-likeness (QED) is 0.591. The number of hydrogen-bond donors (Lipinski definition) is 0. The van der Waals surface area contributed by atoms with E-state index in [1.54, 1.807) is 6.08 Å². The van der Waals surface area contributed by atoms with Gasteiger partial charge in [0.05, 0.1) is 19.0 Å². The molecule has 0 aromatic heterocycles. The van der Waals surface area contributed by atoms with Crippen LogP contribution in [-0.2, 0) is 9.47 Å². The second-order valence-corrected chi connectivity index (χ2v) is 7.91. The van der Waals surface area contributed by atoms with Crippen molar-refractivity contribution in [3.05, 3.63) is 24.1 Å². The third kappa shape index (κ3) is 4.92. The molecule has 1 aliphatic heterocycles. The summed E-state index contributed by atoms with van der Waals surface area (Å²) in [5, 5.41) is 0. The number of rotatable bonds is 5. The normalized spacial score (nSPS) is 38.2. The molecule has 1 saturated heterocycles. The van der Waals surface area contributed by atoms with E-state index in [9.17, 15) is 4.39 Å². The molecule has 1 unspecified atom stereocenters. The van der Waals surface area contributed by atoms with Crippen molar-refractivity contribution in [1.29, 1.82) is 0 Å². The van der Waals surface area contributed by atoms with E-state index in [1.165, 1.54) is 38.5 Å². The van der Waals surface area contributed by atoms with Crippen molar-refractivity contribution in [2.45, 2.75) is 71.0 Å². The van der Waals surface area contributed by atoms with Gasteiger partial charge in [-0.05, 0) is 63.7 Å². The van der Waals surface area contributed by atoms with Crippen LogP contribution in [0.5, 0.6) is 0 Å². The molecule has 1 heterocycles. The zero-order valence-corrected chi connectivity index (χ0v) is 15.1. The van der Waals surface area contributed by atoms with Crippen molar-refractivity contribution >= 4 is 0 Å². The molecule has 3 aliphatic rings. The van der Waals surface area contributed by atoms with E-state index < -0.39 is 0 Å². The summed E-state index contributed by atoms with van der Waals surface area (Å²) in [6.45, 7) is 3.77. The third-order valence-electron chi connectivity index (χ3n) is 6.27. The molecule has 2 aliphatic carbocycles. The largest absolute Gasteiger partial charge is 0.352 e. The second kappa shape index (κ2) is 9.15. The summed E-state index contributed by atoms with van der Waals surface area (Å²) in [7, 11) is 0. The Hall–Kier alpha value is -0.670. The molecule has 2 nitrogen and oxygen atoms in total. The van der Waals surface area contributed by atoms with Gasteiger partial charge in [-0.15, -0.1) is 0 Å². The molecule has 0 aromatic carbocycles. The Kier molecular flexibility index (Phi) is 6.91. The van der Waals surface area contributed by atoms with Crippen LogP contribution in [0, 0.1) is 23.7 Å². The summed E-state index contributed by atoms with van der Waals surface area (Å²) >= 11 is 0. The lowest BCUT2D eigenvalue weighted by Crippen LogP contribution is -2.40. The summed E-state index contributed by atoms with van der Waals surface area (Å²) in [4.78, 5) is 0. The lowest BCUT2D eigenvalue weighted by atomic mass is 9.75. The molecule has 136 valence electrons. The van der Waals surface area contributed by atoms with Crippen LogP contribution in [0.4, 0.5) is 4.39 Å². The molecular weight excluding hydrogens is 303 g/mol. The Balaban J connectivity index is 1.37. The number of hydrogen-bond acceptors (Lipinski definition) is 2. The molecule has 1 saturated carbocycles. The topological polar surface area (TPSA) is 18.5 Å².